The molecular formula is C8H8ClN5. The van der Waals surface area contributed by atoms with Gasteiger partial charge in [-0.1, -0.05) is 16.8 Å². The molecule has 2 aromatic heterocycles. The summed E-state index contributed by atoms with van der Waals surface area (Å²) in [5, 5.41) is 8.09. The molecule has 5 nitrogen and oxygen atoms in total. The summed E-state index contributed by atoms with van der Waals surface area (Å²) in [6, 6.07) is 3.62. The highest BCUT2D eigenvalue weighted by Gasteiger charge is 1.99. The Morgan fingerprint density at radius 1 is 1.43 bits per heavy atom. The van der Waals surface area contributed by atoms with Crippen LogP contribution >= 0.6 is 11.6 Å². The minimum atomic E-state index is 0.402. The summed E-state index contributed by atoms with van der Waals surface area (Å²) in [5.74, 6) is 0.402. The lowest BCUT2D eigenvalue weighted by Gasteiger charge is -1.98. The number of nitrogens with zero attached hydrogens (tertiary/aromatic N) is 4. The molecule has 2 rings (SSSR count). The van der Waals surface area contributed by atoms with Gasteiger partial charge in [-0.15, -0.1) is 5.10 Å². The maximum absolute atomic E-state index is 5.70. The van der Waals surface area contributed by atoms with Crippen LogP contribution in [0.15, 0.2) is 24.5 Å². The third-order valence-electron chi connectivity index (χ3n) is 1.67. The van der Waals surface area contributed by atoms with Crippen molar-refractivity contribution < 1.29 is 0 Å². The van der Waals surface area contributed by atoms with Crippen LogP contribution < -0.4 is 5.73 Å². The van der Waals surface area contributed by atoms with E-state index < -0.39 is 0 Å². The number of halogens is 1. The monoisotopic (exact) mass is 209 g/mol. The third kappa shape index (κ3) is 2.00. The van der Waals surface area contributed by atoms with Crippen LogP contribution in [0.5, 0.6) is 0 Å². The van der Waals surface area contributed by atoms with Crippen LogP contribution in [0.2, 0.25) is 5.02 Å². The molecule has 0 aliphatic carbocycles. The van der Waals surface area contributed by atoms with E-state index in [2.05, 4.69) is 15.3 Å². The Morgan fingerprint density at radius 2 is 2.29 bits per heavy atom. The Morgan fingerprint density at radius 3 is 2.86 bits per heavy atom. The highest BCUT2D eigenvalue weighted by molar-refractivity contribution is 6.30. The van der Waals surface area contributed by atoms with Crippen LogP contribution in [0.4, 0.5) is 5.82 Å². The normalized spacial score (nSPS) is 10.4. The number of hydrogen-bond acceptors (Lipinski definition) is 4. The highest BCUT2D eigenvalue weighted by Crippen LogP contribution is 2.07. The molecular weight excluding hydrogens is 202 g/mol. The maximum Gasteiger partial charge on any atom is 0.165 e. The Balaban J connectivity index is 2.15. The average molecular weight is 210 g/mol. The number of rotatable bonds is 2. The Kier molecular flexibility index (Phi) is 2.32. The zero-order valence-corrected chi connectivity index (χ0v) is 8.02. The molecule has 2 N–H and O–H groups in total. The van der Waals surface area contributed by atoms with Gasteiger partial charge in [0.2, 0.25) is 0 Å². The largest absolute Gasteiger partial charge is 0.381 e. The molecule has 0 saturated carbocycles. The molecule has 0 unspecified atom stereocenters. The van der Waals surface area contributed by atoms with E-state index in [0.29, 0.717) is 17.4 Å². The molecule has 2 heterocycles. The van der Waals surface area contributed by atoms with Gasteiger partial charge in [0, 0.05) is 6.20 Å². The van der Waals surface area contributed by atoms with E-state index in [4.69, 9.17) is 17.3 Å². The van der Waals surface area contributed by atoms with Crippen molar-refractivity contribution in [3.8, 4) is 0 Å². The van der Waals surface area contributed by atoms with E-state index >= 15 is 0 Å². The lowest BCUT2D eigenvalue weighted by Crippen LogP contribution is -2.02. The van der Waals surface area contributed by atoms with Crippen LogP contribution in [-0.4, -0.2) is 20.0 Å². The summed E-state index contributed by atoms with van der Waals surface area (Å²) in [6.07, 6.45) is 3.24. The van der Waals surface area contributed by atoms with Gasteiger partial charge < -0.3 is 5.73 Å². The fourth-order valence-corrected chi connectivity index (χ4v) is 1.17. The Labute approximate surface area is 85.5 Å². The SMILES string of the molecule is Nc1cn(Cc2ccc(Cl)cn2)nn1. The van der Waals surface area contributed by atoms with Crippen LogP contribution in [0, 0.1) is 0 Å². The fraction of sp³-hybridized carbons (Fsp3) is 0.125. The van der Waals surface area contributed by atoms with Crippen molar-refractivity contribution in [2.75, 3.05) is 5.73 Å². The molecule has 0 spiro atoms. The molecule has 0 aliphatic heterocycles. The van der Waals surface area contributed by atoms with E-state index in [-0.39, 0.29) is 0 Å². The predicted octanol–water partition coefficient (Wildman–Crippen LogP) is 0.957. The second-order valence-corrected chi connectivity index (χ2v) is 3.25. The third-order valence-corrected chi connectivity index (χ3v) is 1.89. The van der Waals surface area contributed by atoms with Gasteiger partial charge in [-0.05, 0) is 12.1 Å². The number of nitrogen functional groups attached to an aromatic ring is 1. The summed E-state index contributed by atoms with van der Waals surface area (Å²) in [4.78, 5) is 4.12. The number of anilines is 1. The smallest absolute Gasteiger partial charge is 0.165 e. The quantitative estimate of drug-likeness (QED) is 0.800. The molecule has 0 atom stereocenters. The van der Waals surface area contributed by atoms with Crippen molar-refractivity contribution >= 4 is 17.4 Å². The van der Waals surface area contributed by atoms with Gasteiger partial charge in [-0.3, -0.25) is 4.98 Å². The summed E-state index contributed by atoms with van der Waals surface area (Å²) < 4.78 is 1.62. The molecule has 0 radical (unpaired) electrons. The number of hydrogen-bond donors (Lipinski definition) is 1. The Hall–Kier alpha value is -1.62. The molecule has 72 valence electrons. The van der Waals surface area contributed by atoms with Crippen LogP contribution in [0.1, 0.15) is 5.69 Å². The maximum atomic E-state index is 5.70. The standard InChI is InChI=1S/C8H8ClN5/c9-6-1-2-7(11-3-6)4-14-5-8(10)12-13-14/h1-3,5H,4,10H2. The van der Waals surface area contributed by atoms with E-state index in [1.54, 1.807) is 23.1 Å². The molecule has 0 fully saturated rings. The van der Waals surface area contributed by atoms with Crippen LogP contribution in [-0.2, 0) is 6.54 Å². The van der Waals surface area contributed by atoms with E-state index in [1.165, 1.54) is 0 Å². The molecule has 0 aliphatic rings. The van der Waals surface area contributed by atoms with Crippen molar-refractivity contribution in [1.82, 2.24) is 20.0 Å². The second-order valence-electron chi connectivity index (χ2n) is 2.81. The van der Waals surface area contributed by atoms with Crippen molar-refractivity contribution in [2.24, 2.45) is 0 Å². The van der Waals surface area contributed by atoms with Gasteiger partial charge in [-0.25, -0.2) is 4.68 Å². The fourth-order valence-electron chi connectivity index (χ4n) is 1.06. The zero-order chi connectivity index (χ0) is 9.97. The minimum absolute atomic E-state index is 0.402. The number of aromatic nitrogens is 4. The van der Waals surface area contributed by atoms with Crippen molar-refractivity contribution in [3.63, 3.8) is 0 Å². The van der Waals surface area contributed by atoms with Gasteiger partial charge in [0.1, 0.15) is 0 Å². The van der Waals surface area contributed by atoms with E-state index in [1.807, 2.05) is 6.07 Å². The van der Waals surface area contributed by atoms with Crippen molar-refractivity contribution in [3.05, 3.63) is 35.2 Å². The molecule has 0 aromatic carbocycles. The molecule has 14 heavy (non-hydrogen) atoms. The van der Waals surface area contributed by atoms with Crippen molar-refractivity contribution in [1.29, 1.82) is 0 Å². The molecule has 6 heteroatoms. The topological polar surface area (TPSA) is 69.6 Å². The van der Waals surface area contributed by atoms with E-state index in [9.17, 15) is 0 Å². The minimum Gasteiger partial charge on any atom is -0.381 e. The van der Waals surface area contributed by atoms with Crippen molar-refractivity contribution in [2.45, 2.75) is 6.54 Å². The molecule has 0 amide bonds. The first kappa shape index (κ1) is 8.96. The summed E-state index contributed by atoms with van der Waals surface area (Å²) >= 11 is 5.70. The van der Waals surface area contributed by atoms with Gasteiger partial charge >= 0.3 is 0 Å². The van der Waals surface area contributed by atoms with Crippen LogP contribution in [0.3, 0.4) is 0 Å². The van der Waals surface area contributed by atoms with Gasteiger partial charge in [0.05, 0.1) is 23.5 Å². The van der Waals surface area contributed by atoms with Gasteiger partial charge in [0.25, 0.3) is 0 Å². The van der Waals surface area contributed by atoms with Crippen LogP contribution in [0.25, 0.3) is 0 Å². The summed E-state index contributed by atoms with van der Waals surface area (Å²) in [6.45, 7) is 0.543. The average Bonchev–Trinajstić information content (AvgIpc) is 2.56. The molecule has 2 aromatic rings. The zero-order valence-electron chi connectivity index (χ0n) is 7.26. The lowest BCUT2D eigenvalue weighted by atomic mass is 10.3. The highest BCUT2D eigenvalue weighted by atomic mass is 35.5. The Bertz CT molecular complexity index is 422. The first-order valence-electron chi connectivity index (χ1n) is 4.00. The summed E-state index contributed by atoms with van der Waals surface area (Å²) in [7, 11) is 0. The van der Waals surface area contributed by atoms with E-state index in [0.717, 1.165) is 5.69 Å². The van der Waals surface area contributed by atoms with Gasteiger partial charge in [0.15, 0.2) is 5.82 Å². The molecule has 0 bridgehead atoms. The first-order chi connectivity index (χ1) is 6.74. The first-order valence-corrected chi connectivity index (χ1v) is 4.38. The molecule has 0 saturated heterocycles. The number of nitrogens with two attached hydrogens (primary N) is 1. The number of pyridine rings is 1. The van der Waals surface area contributed by atoms with Gasteiger partial charge in [-0.2, -0.15) is 0 Å². The lowest BCUT2D eigenvalue weighted by molar-refractivity contribution is 0.639. The second kappa shape index (κ2) is 3.63. The predicted molar refractivity (Wildman–Crippen MR) is 52.8 cm³/mol. The summed E-state index contributed by atoms with van der Waals surface area (Å²) in [5.41, 5.74) is 6.28.